The Morgan fingerprint density at radius 2 is 2.25 bits per heavy atom. The van der Waals surface area contributed by atoms with Crippen molar-refractivity contribution >= 4 is 11.7 Å². The van der Waals surface area contributed by atoms with Crippen LogP contribution in [-0.4, -0.2) is 55.4 Å². The molecule has 0 saturated carbocycles. The predicted molar refractivity (Wildman–Crippen MR) is 102 cm³/mol. The van der Waals surface area contributed by atoms with Crippen LogP contribution in [-0.2, 0) is 14.3 Å². The summed E-state index contributed by atoms with van der Waals surface area (Å²) in [5.74, 6) is 1.84. The molecule has 4 aliphatic heterocycles. The van der Waals surface area contributed by atoms with Gasteiger partial charge in [-0.1, -0.05) is 0 Å². The summed E-state index contributed by atoms with van der Waals surface area (Å²) in [7, 11) is 0. The molecule has 0 radical (unpaired) electrons. The molecule has 5 rings (SSSR count). The SMILES string of the molecule is N#Cc1ccnc(N2C[C@@H]3[C@H](CNC(=O)C4CCOCC4)[C@H]4CC[C@]3(C2)O4)c1. The first-order valence-corrected chi connectivity index (χ1v) is 10.3. The fourth-order valence-electron chi connectivity index (χ4n) is 5.62. The first kappa shape index (κ1) is 17.9. The van der Waals surface area contributed by atoms with E-state index in [1.807, 2.05) is 6.07 Å². The maximum absolute atomic E-state index is 12.5. The lowest BCUT2D eigenvalue weighted by atomic mass is 9.73. The predicted octanol–water partition coefficient (Wildman–Crippen LogP) is 1.48. The second-order valence-electron chi connectivity index (χ2n) is 8.56. The molecule has 4 saturated heterocycles. The van der Waals surface area contributed by atoms with Gasteiger partial charge in [-0.25, -0.2) is 4.98 Å². The summed E-state index contributed by atoms with van der Waals surface area (Å²) in [6, 6.07) is 5.78. The van der Waals surface area contributed by atoms with Gasteiger partial charge in [0.15, 0.2) is 0 Å². The fourth-order valence-corrected chi connectivity index (χ4v) is 5.62. The second kappa shape index (κ2) is 7.02. The zero-order chi connectivity index (χ0) is 19.1. The van der Waals surface area contributed by atoms with Crippen LogP contribution >= 0.6 is 0 Å². The highest BCUT2D eigenvalue weighted by molar-refractivity contribution is 5.78. The van der Waals surface area contributed by atoms with Crippen molar-refractivity contribution in [1.82, 2.24) is 10.3 Å². The summed E-state index contributed by atoms with van der Waals surface area (Å²) in [6.07, 6.45) is 5.72. The number of rotatable bonds is 4. The van der Waals surface area contributed by atoms with Crippen molar-refractivity contribution in [2.45, 2.75) is 37.4 Å². The van der Waals surface area contributed by atoms with Crippen molar-refractivity contribution < 1.29 is 14.3 Å². The third-order valence-electron chi connectivity index (χ3n) is 7.09. The molecule has 5 heterocycles. The van der Waals surface area contributed by atoms with Gasteiger partial charge in [0, 0.05) is 56.8 Å². The minimum absolute atomic E-state index is 0.0835. The Morgan fingerprint density at radius 1 is 1.39 bits per heavy atom. The molecule has 4 fully saturated rings. The Bertz CT molecular complexity index is 803. The Kier molecular flexibility index (Phi) is 4.48. The third-order valence-corrected chi connectivity index (χ3v) is 7.09. The lowest BCUT2D eigenvalue weighted by Crippen LogP contribution is -2.43. The molecule has 0 unspecified atom stereocenters. The van der Waals surface area contributed by atoms with E-state index in [0.717, 1.165) is 44.6 Å². The van der Waals surface area contributed by atoms with Gasteiger partial charge in [0.2, 0.25) is 5.91 Å². The van der Waals surface area contributed by atoms with E-state index in [1.165, 1.54) is 0 Å². The van der Waals surface area contributed by atoms with Crippen molar-refractivity contribution in [3.63, 3.8) is 0 Å². The van der Waals surface area contributed by atoms with E-state index in [2.05, 4.69) is 21.3 Å². The van der Waals surface area contributed by atoms with E-state index < -0.39 is 0 Å². The van der Waals surface area contributed by atoms with Crippen LogP contribution in [0, 0.1) is 29.1 Å². The quantitative estimate of drug-likeness (QED) is 0.849. The highest BCUT2D eigenvalue weighted by Gasteiger charge is 2.63. The maximum Gasteiger partial charge on any atom is 0.223 e. The van der Waals surface area contributed by atoms with Gasteiger partial charge in [0.1, 0.15) is 5.82 Å². The van der Waals surface area contributed by atoms with Gasteiger partial charge in [-0.05, 0) is 37.8 Å². The van der Waals surface area contributed by atoms with Gasteiger partial charge in [0.05, 0.1) is 23.3 Å². The van der Waals surface area contributed by atoms with Crippen molar-refractivity contribution in [2.24, 2.45) is 17.8 Å². The average Bonchev–Trinajstić information content (AvgIpc) is 3.41. The maximum atomic E-state index is 12.5. The number of carbonyl (C=O) groups is 1. The molecule has 0 aliphatic carbocycles. The fraction of sp³-hybridized carbons (Fsp3) is 0.667. The number of pyridine rings is 1. The van der Waals surface area contributed by atoms with Gasteiger partial charge >= 0.3 is 0 Å². The van der Waals surface area contributed by atoms with Gasteiger partial charge in [-0.2, -0.15) is 5.26 Å². The molecule has 1 aromatic heterocycles. The number of carbonyl (C=O) groups excluding carboxylic acids is 1. The van der Waals surface area contributed by atoms with Crippen LogP contribution in [0.1, 0.15) is 31.2 Å². The van der Waals surface area contributed by atoms with Gasteiger partial charge in [-0.3, -0.25) is 4.79 Å². The molecule has 4 aliphatic rings. The molecule has 7 heteroatoms. The lowest BCUT2D eigenvalue weighted by molar-refractivity contribution is -0.128. The molecular weight excluding hydrogens is 356 g/mol. The molecule has 0 aromatic carbocycles. The molecule has 28 heavy (non-hydrogen) atoms. The van der Waals surface area contributed by atoms with E-state index in [0.29, 0.717) is 37.2 Å². The number of hydrogen-bond donors (Lipinski definition) is 1. The third kappa shape index (κ3) is 2.96. The van der Waals surface area contributed by atoms with Crippen molar-refractivity contribution in [3.8, 4) is 6.07 Å². The summed E-state index contributed by atoms with van der Waals surface area (Å²) in [6.45, 7) is 3.74. The van der Waals surface area contributed by atoms with Crippen LogP contribution in [0.4, 0.5) is 5.82 Å². The lowest BCUT2D eigenvalue weighted by Gasteiger charge is -2.30. The number of nitrogens with one attached hydrogen (secondary N) is 1. The van der Waals surface area contributed by atoms with Crippen LogP contribution in [0.3, 0.4) is 0 Å². The normalized spacial score (nSPS) is 34.2. The number of aromatic nitrogens is 1. The molecule has 4 atom stereocenters. The highest BCUT2D eigenvalue weighted by Crippen LogP contribution is 2.55. The van der Waals surface area contributed by atoms with E-state index in [9.17, 15) is 10.1 Å². The first-order chi connectivity index (χ1) is 13.7. The molecule has 7 nitrogen and oxygen atoms in total. The van der Waals surface area contributed by atoms with Gasteiger partial charge in [0.25, 0.3) is 0 Å². The standard InChI is InChI=1S/C21H26N4O3/c22-10-14-2-6-23-19(9-14)25-12-17-16(18-1-5-21(17,13-25)28-18)11-24-20(26)15-3-7-27-8-4-15/h2,6,9,15-18H,1,3-5,7-8,11-13H2,(H,24,26)/t16-,17+,18+,21+/m0/s1. The van der Waals surface area contributed by atoms with E-state index in [1.54, 1.807) is 12.3 Å². The van der Waals surface area contributed by atoms with Gasteiger partial charge < -0.3 is 19.7 Å². The second-order valence-corrected chi connectivity index (χ2v) is 8.56. The topological polar surface area (TPSA) is 87.5 Å². The summed E-state index contributed by atoms with van der Waals surface area (Å²) in [5, 5.41) is 12.4. The number of ether oxygens (including phenoxy) is 2. The Hall–Kier alpha value is -2.17. The number of anilines is 1. The molecule has 148 valence electrons. The number of fused-ring (bicyclic) bond motifs is 1. The number of nitrogens with zero attached hydrogens (tertiary/aromatic N) is 3. The van der Waals surface area contributed by atoms with Gasteiger partial charge in [-0.15, -0.1) is 0 Å². The number of nitriles is 1. The van der Waals surface area contributed by atoms with Crippen molar-refractivity contribution in [2.75, 3.05) is 37.7 Å². The Morgan fingerprint density at radius 3 is 3.07 bits per heavy atom. The van der Waals surface area contributed by atoms with E-state index in [-0.39, 0.29) is 23.5 Å². The smallest absolute Gasteiger partial charge is 0.223 e. The van der Waals surface area contributed by atoms with E-state index in [4.69, 9.17) is 9.47 Å². The monoisotopic (exact) mass is 382 g/mol. The zero-order valence-corrected chi connectivity index (χ0v) is 16.0. The molecule has 1 N–H and O–H groups in total. The van der Waals surface area contributed by atoms with E-state index >= 15 is 0 Å². The Balaban J connectivity index is 1.27. The zero-order valence-electron chi connectivity index (χ0n) is 16.0. The molecular formula is C21H26N4O3. The first-order valence-electron chi connectivity index (χ1n) is 10.3. The molecule has 1 spiro atoms. The highest BCUT2D eigenvalue weighted by atomic mass is 16.5. The summed E-state index contributed by atoms with van der Waals surface area (Å²) in [5.41, 5.74) is 0.508. The van der Waals surface area contributed by atoms with Crippen molar-refractivity contribution in [3.05, 3.63) is 23.9 Å². The Labute approximate surface area is 165 Å². The number of amides is 1. The van der Waals surface area contributed by atoms with Crippen LogP contribution < -0.4 is 10.2 Å². The van der Waals surface area contributed by atoms with Crippen LogP contribution in [0.15, 0.2) is 18.3 Å². The number of hydrogen-bond acceptors (Lipinski definition) is 6. The van der Waals surface area contributed by atoms with Crippen LogP contribution in [0.25, 0.3) is 0 Å². The average molecular weight is 382 g/mol. The summed E-state index contributed by atoms with van der Waals surface area (Å²) >= 11 is 0. The molecule has 1 amide bonds. The molecule has 1 aromatic rings. The van der Waals surface area contributed by atoms with Crippen molar-refractivity contribution in [1.29, 1.82) is 5.26 Å². The summed E-state index contributed by atoms with van der Waals surface area (Å²) < 4.78 is 11.8. The largest absolute Gasteiger partial charge is 0.381 e. The minimum atomic E-state index is -0.122. The summed E-state index contributed by atoms with van der Waals surface area (Å²) in [4.78, 5) is 19.3. The van der Waals surface area contributed by atoms with Crippen LogP contribution in [0.5, 0.6) is 0 Å². The molecule has 2 bridgehead atoms. The van der Waals surface area contributed by atoms with Crippen LogP contribution in [0.2, 0.25) is 0 Å². The minimum Gasteiger partial charge on any atom is -0.381 e.